The van der Waals surface area contributed by atoms with E-state index in [2.05, 4.69) is 6.92 Å². The fourth-order valence-corrected chi connectivity index (χ4v) is 3.52. The third-order valence-electron chi connectivity index (χ3n) is 4.03. The summed E-state index contributed by atoms with van der Waals surface area (Å²) in [4.78, 5) is 13.9. The molecule has 0 heterocycles. The largest absolute Gasteiger partial charge is 0.346 e. The van der Waals surface area contributed by atoms with Crippen molar-refractivity contribution in [1.82, 2.24) is 4.90 Å². The molecular formula is C18H30N2O3S. The third-order valence-corrected chi connectivity index (χ3v) is 5.21. The number of carbonyl (C=O) groups excluding carboxylic acids is 1. The summed E-state index contributed by atoms with van der Waals surface area (Å²) in [5, 5.41) is 0. The highest BCUT2D eigenvalue weighted by Gasteiger charge is 2.22. The summed E-state index contributed by atoms with van der Waals surface area (Å²) in [6.07, 6.45) is 3.35. The molecule has 1 amide bonds. The van der Waals surface area contributed by atoms with E-state index in [1.807, 2.05) is 38.1 Å². The molecule has 0 saturated heterocycles. The average Bonchev–Trinajstić information content (AvgIpc) is 2.51. The van der Waals surface area contributed by atoms with Crippen molar-refractivity contribution in [2.24, 2.45) is 0 Å². The maximum atomic E-state index is 12.3. The van der Waals surface area contributed by atoms with E-state index in [-0.39, 0.29) is 24.8 Å². The second-order valence-electron chi connectivity index (χ2n) is 6.47. The summed E-state index contributed by atoms with van der Waals surface area (Å²) in [5.41, 5.74) is 1.63. The molecule has 0 aliphatic carbocycles. The number of hydrogen-bond acceptors (Lipinski definition) is 3. The maximum absolute atomic E-state index is 12.3. The van der Waals surface area contributed by atoms with E-state index in [0.717, 1.165) is 18.4 Å². The number of benzene rings is 1. The van der Waals surface area contributed by atoms with Gasteiger partial charge in [0.25, 0.3) is 0 Å². The van der Waals surface area contributed by atoms with Crippen LogP contribution in [0.15, 0.2) is 24.3 Å². The Morgan fingerprint density at radius 3 is 2.33 bits per heavy atom. The van der Waals surface area contributed by atoms with Gasteiger partial charge in [0.05, 0.1) is 11.9 Å². The fraction of sp³-hybridized carbons (Fsp3) is 0.611. The number of para-hydroxylation sites is 1. The Balaban J connectivity index is 2.96. The quantitative estimate of drug-likeness (QED) is 0.684. The van der Waals surface area contributed by atoms with Gasteiger partial charge in [-0.15, -0.1) is 0 Å². The molecule has 0 bridgehead atoms. The number of sulfonamides is 1. The van der Waals surface area contributed by atoms with E-state index >= 15 is 0 Å². The first kappa shape index (κ1) is 20.5. The van der Waals surface area contributed by atoms with Crippen LogP contribution < -0.4 is 4.31 Å². The van der Waals surface area contributed by atoms with Gasteiger partial charge in [-0.25, -0.2) is 8.42 Å². The van der Waals surface area contributed by atoms with Gasteiger partial charge >= 0.3 is 0 Å². The van der Waals surface area contributed by atoms with Crippen molar-refractivity contribution in [2.45, 2.75) is 46.0 Å². The summed E-state index contributed by atoms with van der Waals surface area (Å²) >= 11 is 0. The first-order chi connectivity index (χ1) is 11.2. The molecule has 0 saturated carbocycles. The molecule has 0 atom stereocenters. The lowest BCUT2D eigenvalue weighted by Crippen LogP contribution is -2.36. The minimum atomic E-state index is -3.45. The summed E-state index contributed by atoms with van der Waals surface area (Å²) in [5.74, 6) is 0.174. The van der Waals surface area contributed by atoms with Gasteiger partial charge < -0.3 is 4.90 Å². The van der Waals surface area contributed by atoms with Crippen molar-refractivity contribution in [3.63, 3.8) is 0 Å². The second-order valence-corrected chi connectivity index (χ2v) is 8.37. The van der Waals surface area contributed by atoms with Crippen LogP contribution in [0.5, 0.6) is 0 Å². The predicted molar refractivity (Wildman–Crippen MR) is 99.9 cm³/mol. The monoisotopic (exact) mass is 354 g/mol. The van der Waals surface area contributed by atoms with Crippen molar-refractivity contribution < 1.29 is 13.2 Å². The Labute approximate surface area is 146 Å². The van der Waals surface area contributed by atoms with Gasteiger partial charge in [-0.2, -0.15) is 0 Å². The van der Waals surface area contributed by atoms with Gasteiger partial charge in [-0.05, 0) is 24.0 Å². The highest BCUT2D eigenvalue weighted by molar-refractivity contribution is 7.92. The fourth-order valence-electron chi connectivity index (χ4n) is 2.58. The van der Waals surface area contributed by atoms with Gasteiger partial charge in [0.1, 0.15) is 0 Å². The van der Waals surface area contributed by atoms with Crippen molar-refractivity contribution in [3.05, 3.63) is 29.8 Å². The first-order valence-electron chi connectivity index (χ1n) is 8.49. The molecule has 0 aliphatic rings. The van der Waals surface area contributed by atoms with E-state index in [4.69, 9.17) is 0 Å². The molecule has 1 rings (SSSR count). The van der Waals surface area contributed by atoms with E-state index in [1.165, 1.54) is 10.6 Å². The number of hydrogen-bond donors (Lipinski definition) is 0. The Morgan fingerprint density at radius 2 is 1.79 bits per heavy atom. The van der Waals surface area contributed by atoms with E-state index in [1.54, 1.807) is 11.9 Å². The number of unbranched alkanes of at least 4 members (excludes halogenated alkanes) is 1. The van der Waals surface area contributed by atoms with Gasteiger partial charge in [0.15, 0.2) is 0 Å². The van der Waals surface area contributed by atoms with Crippen LogP contribution in [0.2, 0.25) is 0 Å². The average molecular weight is 355 g/mol. The number of anilines is 1. The van der Waals surface area contributed by atoms with Crippen molar-refractivity contribution in [3.8, 4) is 0 Å². The summed E-state index contributed by atoms with van der Waals surface area (Å²) in [6.45, 7) is 7.01. The summed E-state index contributed by atoms with van der Waals surface area (Å²) in [6, 6.07) is 7.48. The lowest BCUT2D eigenvalue weighted by molar-refractivity contribution is -0.129. The molecule has 24 heavy (non-hydrogen) atoms. The molecule has 0 unspecified atom stereocenters. The van der Waals surface area contributed by atoms with Crippen molar-refractivity contribution in [1.29, 1.82) is 0 Å². The predicted octanol–water partition coefficient (Wildman–Crippen LogP) is 3.22. The zero-order valence-electron chi connectivity index (χ0n) is 15.4. The number of rotatable bonds is 9. The van der Waals surface area contributed by atoms with Crippen LogP contribution in [0.4, 0.5) is 5.69 Å². The van der Waals surface area contributed by atoms with Gasteiger partial charge in [-0.3, -0.25) is 9.10 Å². The Kier molecular flexibility index (Phi) is 7.73. The molecule has 0 aliphatic heterocycles. The topological polar surface area (TPSA) is 57.7 Å². The molecule has 0 radical (unpaired) electrons. The highest BCUT2D eigenvalue weighted by atomic mass is 32.2. The Morgan fingerprint density at radius 1 is 1.17 bits per heavy atom. The maximum Gasteiger partial charge on any atom is 0.232 e. The zero-order valence-corrected chi connectivity index (χ0v) is 16.3. The molecule has 0 aromatic heterocycles. The number of amides is 1. The number of nitrogens with zero attached hydrogens (tertiary/aromatic N) is 2. The first-order valence-corrected chi connectivity index (χ1v) is 10.3. The van der Waals surface area contributed by atoms with Crippen LogP contribution in [0.25, 0.3) is 0 Å². The van der Waals surface area contributed by atoms with Crippen LogP contribution in [0.1, 0.15) is 51.5 Å². The molecule has 136 valence electrons. The minimum Gasteiger partial charge on any atom is -0.346 e. The standard InChI is InChI=1S/C18H30N2O3S/c1-6-7-13-19(4)18(21)12-14-20(24(5,22)23)17-11-9-8-10-16(17)15(2)3/h8-11,15H,6-7,12-14H2,1-5H3. The lowest BCUT2D eigenvalue weighted by Gasteiger charge is -2.27. The normalized spacial score (nSPS) is 11.6. The van der Waals surface area contributed by atoms with Crippen LogP contribution in [0.3, 0.4) is 0 Å². The van der Waals surface area contributed by atoms with Gasteiger partial charge in [0.2, 0.25) is 15.9 Å². The van der Waals surface area contributed by atoms with Crippen LogP contribution in [-0.4, -0.2) is 45.6 Å². The van der Waals surface area contributed by atoms with E-state index < -0.39 is 10.0 Å². The van der Waals surface area contributed by atoms with Crippen molar-refractivity contribution in [2.75, 3.05) is 30.7 Å². The van der Waals surface area contributed by atoms with E-state index in [9.17, 15) is 13.2 Å². The molecule has 0 spiro atoms. The molecule has 5 nitrogen and oxygen atoms in total. The van der Waals surface area contributed by atoms with Crippen LogP contribution >= 0.6 is 0 Å². The lowest BCUT2D eigenvalue weighted by atomic mass is 10.0. The molecule has 1 aromatic carbocycles. The summed E-state index contributed by atoms with van der Waals surface area (Å²) in [7, 11) is -1.68. The van der Waals surface area contributed by atoms with E-state index in [0.29, 0.717) is 12.2 Å². The van der Waals surface area contributed by atoms with Gasteiger partial charge in [0, 0.05) is 26.6 Å². The Hall–Kier alpha value is -1.56. The second kappa shape index (κ2) is 9.06. The molecular weight excluding hydrogens is 324 g/mol. The smallest absolute Gasteiger partial charge is 0.232 e. The zero-order chi connectivity index (χ0) is 18.3. The highest BCUT2D eigenvalue weighted by Crippen LogP contribution is 2.29. The SMILES string of the molecule is CCCCN(C)C(=O)CCN(c1ccccc1C(C)C)S(C)(=O)=O. The summed E-state index contributed by atoms with van der Waals surface area (Å²) < 4.78 is 25.9. The minimum absolute atomic E-state index is 0.0286. The Bertz CT molecular complexity index is 641. The molecule has 0 fully saturated rings. The van der Waals surface area contributed by atoms with Crippen LogP contribution in [0, 0.1) is 0 Å². The van der Waals surface area contributed by atoms with Gasteiger partial charge in [-0.1, -0.05) is 45.4 Å². The third kappa shape index (κ3) is 5.82. The molecule has 0 N–H and O–H groups in total. The molecule has 6 heteroatoms. The number of carbonyl (C=O) groups is 1. The van der Waals surface area contributed by atoms with Crippen molar-refractivity contribution >= 4 is 21.6 Å². The molecule has 1 aromatic rings. The van der Waals surface area contributed by atoms with Crippen LogP contribution in [-0.2, 0) is 14.8 Å².